The number of halogens is 1. The first-order valence-corrected chi connectivity index (χ1v) is 9.28. The Labute approximate surface area is 168 Å². The van der Waals surface area contributed by atoms with E-state index < -0.39 is 12.4 Å². The summed E-state index contributed by atoms with van der Waals surface area (Å²) in [6.07, 6.45) is -2.25. The molecule has 1 heterocycles. The molecule has 0 bridgehead atoms. The second kappa shape index (κ2) is 9.21. The maximum Gasteiger partial charge on any atom is 0.178 e. The molecule has 0 radical (unpaired) electrons. The summed E-state index contributed by atoms with van der Waals surface area (Å²) in [5.41, 5.74) is 3.45. The van der Waals surface area contributed by atoms with E-state index in [2.05, 4.69) is 5.10 Å². The predicted molar refractivity (Wildman–Crippen MR) is 107 cm³/mol. The number of ether oxygens (including phenoxy) is 2. The molecule has 28 heavy (non-hydrogen) atoms. The molecule has 1 aromatic heterocycles. The topological polar surface area (TPSA) is 76.7 Å². The van der Waals surface area contributed by atoms with Crippen molar-refractivity contribution in [2.24, 2.45) is 0 Å². The van der Waals surface area contributed by atoms with Crippen molar-refractivity contribution < 1.29 is 19.7 Å². The molecule has 148 valence electrons. The van der Waals surface area contributed by atoms with Gasteiger partial charge in [0.2, 0.25) is 0 Å². The molecule has 3 aromatic rings. The Bertz CT molecular complexity index is 926. The van der Waals surface area contributed by atoms with E-state index >= 15 is 0 Å². The van der Waals surface area contributed by atoms with Crippen molar-refractivity contribution in [3.05, 3.63) is 70.9 Å². The van der Waals surface area contributed by atoms with Crippen molar-refractivity contribution in [2.45, 2.75) is 32.5 Å². The van der Waals surface area contributed by atoms with Crippen molar-refractivity contribution in [3.8, 4) is 17.0 Å². The monoisotopic (exact) mass is 402 g/mol. The third-order valence-corrected chi connectivity index (χ3v) is 4.76. The number of nitrogens with zero attached hydrogens (tertiary/aromatic N) is 2. The minimum atomic E-state index is -1.54. The van der Waals surface area contributed by atoms with E-state index in [0.717, 1.165) is 22.6 Å². The lowest BCUT2D eigenvalue weighted by Gasteiger charge is -2.13. The average molecular weight is 403 g/mol. The molecule has 2 N–H and O–H groups in total. The van der Waals surface area contributed by atoms with Crippen LogP contribution in [0.1, 0.15) is 18.2 Å². The van der Waals surface area contributed by atoms with Gasteiger partial charge in [-0.25, -0.2) is 0 Å². The fourth-order valence-electron chi connectivity index (χ4n) is 2.77. The van der Waals surface area contributed by atoms with Gasteiger partial charge in [-0.15, -0.1) is 0 Å². The smallest absolute Gasteiger partial charge is 0.178 e. The zero-order valence-electron chi connectivity index (χ0n) is 15.7. The van der Waals surface area contributed by atoms with Crippen LogP contribution in [0.5, 0.6) is 5.75 Å². The Morgan fingerprint density at radius 3 is 2.61 bits per heavy atom. The summed E-state index contributed by atoms with van der Waals surface area (Å²) in [6.45, 7) is 2.24. The van der Waals surface area contributed by atoms with Gasteiger partial charge in [-0.3, -0.25) is 4.68 Å². The third-order valence-electron chi connectivity index (χ3n) is 4.39. The Kier molecular flexibility index (Phi) is 6.70. The lowest BCUT2D eigenvalue weighted by molar-refractivity contribution is -0.142. The molecule has 7 heteroatoms. The first-order chi connectivity index (χ1) is 13.5. The summed E-state index contributed by atoms with van der Waals surface area (Å²) < 4.78 is 12.7. The van der Waals surface area contributed by atoms with E-state index in [4.69, 9.17) is 21.1 Å². The number of aromatic nitrogens is 2. The van der Waals surface area contributed by atoms with Crippen molar-refractivity contribution in [2.75, 3.05) is 7.11 Å². The third kappa shape index (κ3) is 4.91. The minimum absolute atomic E-state index is 0.158. The van der Waals surface area contributed by atoms with Gasteiger partial charge in [0, 0.05) is 10.6 Å². The maximum absolute atomic E-state index is 9.20. The Hall–Kier alpha value is -2.38. The maximum atomic E-state index is 9.20. The molecular formula is C21H23ClN2O4. The van der Waals surface area contributed by atoms with Crippen molar-refractivity contribution in [3.63, 3.8) is 0 Å². The highest BCUT2D eigenvalue weighted by molar-refractivity contribution is 6.31. The van der Waals surface area contributed by atoms with E-state index in [-0.39, 0.29) is 6.61 Å². The van der Waals surface area contributed by atoms with Crippen LogP contribution in [0, 0.1) is 0 Å². The van der Waals surface area contributed by atoms with Gasteiger partial charge in [0.05, 0.1) is 31.6 Å². The van der Waals surface area contributed by atoms with Crippen molar-refractivity contribution in [1.29, 1.82) is 0 Å². The van der Waals surface area contributed by atoms with Gasteiger partial charge in [-0.05, 0) is 36.8 Å². The number of benzene rings is 2. The normalized spacial score (nSPS) is 12.4. The van der Waals surface area contributed by atoms with Crippen LogP contribution >= 0.6 is 11.6 Å². The molecule has 0 aliphatic heterocycles. The fourth-order valence-corrected chi connectivity index (χ4v) is 2.96. The Morgan fingerprint density at radius 1 is 1.11 bits per heavy atom. The summed E-state index contributed by atoms with van der Waals surface area (Å²) >= 11 is 6.32. The number of aliphatic hydroxyl groups is 2. The van der Waals surface area contributed by atoms with E-state index in [1.807, 2.05) is 59.3 Å². The Morgan fingerprint density at radius 2 is 1.89 bits per heavy atom. The molecule has 0 amide bonds. The second-order valence-electron chi connectivity index (χ2n) is 6.43. The first kappa shape index (κ1) is 20.4. The molecule has 6 nitrogen and oxygen atoms in total. The largest absolute Gasteiger partial charge is 0.497 e. The van der Waals surface area contributed by atoms with E-state index in [9.17, 15) is 10.2 Å². The lowest BCUT2D eigenvalue weighted by Crippen LogP contribution is -2.25. The highest BCUT2D eigenvalue weighted by Gasteiger charge is 2.15. The van der Waals surface area contributed by atoms with Gasteiger partial charge in [-0.1, -0.05) is 41.9 Å². The number of hydrogen-bond donors (Lipinski definition) is 2. The molecular weight excluding hydrogens is 380 g/mol. The number of aliphatic hydroxyl groups excluding tert-OH is 1. The van der Waals surface area contributed by atoms with Gasteiger partial charge < -0.3 is 19.7 Å². The molecule has 0 aliphatic rings. The van der Waals surface area contributed by atoms with Crippen LogP contribution in [0.3, 0.4) is 0 Å². The molecule has 3 rings (SSSR count). The van der Waals surface area contributed by atoms with Crippen molar-refractivity contribution >= 4 is 11.6 Å². The summed E-state index contributed by atoms with van der Waals surface area (Å²) in [6, 6.07) is 17.3. The van der Waals surface area contributed by atoms with Gasteiger partial charge in [0.15, 0.2) is 6.29 Å². The minimum Gasteiger partial charge on any atom is -0.497 e. The zero-order chi connectivity index (χ0) is 20.1. The Balaban J connectivity index is 1.94. The number of hydrogen-bond acceptors (Lipinski definition) is 5. The standard InChI is InChI=1S/C21H23ClN2O4/c1-14(21(25)26)28-13-17-11-20(15-7-5-8-18(10-15)27-2)24(23-17)12-16-6-3-4-9-19(16)22/h3-11,14,21,25-26H,12-13H2,1-2H3/t14-/m1/s1. The van der Waals surface area contributed by atoms with Gasteiger partial charge in [0.1, 0.15) is 11.9 Å². The zero-order valence-corrected chi connectivity index (χ0v) is 16.5. The second-order valence-corrected chi connectivity index (χ2v) is 6.84. The van der Waals surface area contributed by atoms with Crippen LogP contribution < -0.4 is 4.74 Å². The van der Waals surface area contributed by atoms with Gasteiger partial charge in [0.25, 0.3) is 0 Å². The summed E-state index contributed by atoms with van der Waals surface area (Å²) in [4.78, 5) is 0. The van der Waals surface area contributed by atoms with Crippen LogP contribution in [-0.4, -0.2) is 39.5 Å². The summed E-state index contributed by atoms with van der Waals surface area (Å²) in [7, 11) is 1.63. The van der Waals surface area contributed by atoms with Crippen LogP contribution in [-0.2, 0) is 17.9 Å². The van der Waals surface area contributed by atoms with E-state index in [0.29, 0.717) is 17.3 Å². The lowest BCUT2D eigenvalue weighted by atomic mass is 10.1. The molecule has 1 atom stereocenters. The molecule has 0 spiro atoms. The molecule has 0 unspecified atom stereocenters. The van der Waals surface area contributed by atoms with Crippen LogP contribution in [0.4, 0.5) is 0 Å². The molecule has 0 aliphatic carbocycles. The summed E-state index contributed by atoms with van der Waals surface area (Å²) in [5.74, 6) is 0.748. The van der Waals surface area contributed by atoms with Gasteiger partial charge in [-0.2, -0.15) is 5.10 Å². The van der Waals surface area contributed by atoms with Gasteiger partial charge >= 0.3 is 0 Å². The van der Waals surface area contributed by atoms with Crippen LogP contribution in [0.25, 0.3) is 11.3 Å². The fraction of sp³-hybridized carbons (Fsp3) is 0.286. The summed E-state index contributed by atoms with van der Waals surface area (Å²) in [5, 5.41) is 23.7. The first-order valence-electron chi connectivity index (χ1n) is 8.90. The van der Waals surface area contributed by atoms with Crippen LogP contribution in [0.15, 0.2) is 54.6 Å². The number of rotatable bonds is 8. The van der Waals surface area contributed by atoms with E-state index in [1.54, 1.807) is 14.0 Å². The molecule has 0 saturated heterocycles. The van der Waals surface area contributed by atoms with Crippen LogP contribution in [0.2, 0.25) is 5.02 Å². The average Bonchev–Trinajstić information content (AvgIpc) is 3.10. The van der Waals surface area contributed by atoms with E-state index in [1.165, 1.54) is 0 Å². The van der Waals surface area contributed by atoms with Crippen molar-refractivity contribution in [1.82, 2.24) is 9.78 Å². The number of methoxy groups -OCH3 is 1. The highest BCUT2D eigenvalue weighted by Crippen LogP contribution is 2.27. The molecule has 0 fully saturated rings. The predicted octanol–water partition coefficient (Wildman–Crippen LogP) is 3.48. The molecule has 2 aromatic carbocycles. The quantitative estimate of drug-likeness (QED) is 0.564. The SMILES string of the molecule is COc1cccc(-c2cc(CO[C@H](C)C(O)O)nn2Cc2ccccc2Cl)c1. The highest BCUT2D eigenvalue weighted by atomic mass is 35.5. The molecule has 0 saturated carbocycles.